The molecule has 25 heavy (non-hydrogen) atoms. The maximum absolute atomic E-state index is 2.40. The van der Waals surface area contributed by atoms with Gasteiger partial charge in [-0.05, 0) is 38.5 Å². The van der Waals surface area contributed by atoms with E-state index in [1.54, 1.807) is 11.1 Å². The second kappa shape index (κ2) is 14.2. The van der Waals surface area contributed by atoms with Gasteiger partial charge < -0.3 is 24.8 Å². The van der Waals surface area contributed by atoms with Crippen LogP contribution in [0.25, 0.3) is 0 Å². The van der Waals surface area contributed by atoms with Crippen molar-refractivity contribution < 1.29 is 51.0 Å². The molecule has 0 saturated heterocycles. The third-order valence-electron chi connectivity index (χ3n) is 5.43. The molecular weight excluding hydrogens is 426 g/mol. The quantitative estimate of drug-likeness (QED) is 0.467. The number of halogens is 2. The van der Waals surface area contributed by atoms with Crippen molar-refractivity contribution in [3.63, 3.8) is 0 Å². The van der Waals surface area contributed by atoms with Crippen molar-refractivity contribution in [2.45, 2.75) is 64.2 Å². The molecule has 2 saturated carbocycles. The molecule has 136 valence electrons. The number of rotatable bonds is 0. The van der Waals surface area contributed by atoms with Gasteiger partial charge in [0.25, 0.3) is 0 Å². The second-order valence-corrected chi connectivity index (χ2v) is 7.01. The summed E-state index contributed by atoms with van der Waals surface area (Å²) in [6, 6.07) is 0. The average molecular weight is 457 g/mol. The minimum absolute atomic E-state index is 0. The van der Waals surface area contributed by atoms with Crippen LogP contribution in [0, 0.1) is 24.7 Å². The van der Waals surface area contributed by atoms with Crippen LogP contribution in [0.2, 0.25) is 0 Å². The summed E-state index contributed by atoms with van der Waals surface area (Å²) in [7, 11) is 0. The fourth-order valence-corrected chi connectivity index (χ4v) is 4.11. The molecule has 0 aromatic heterocycles. The minimum Gasteiger partial charge on any atom is -1.00 e. The normalized spacial score (nSPS) is 26.2. The van der Waals surface area contributed by atoms with Gasteiger partial charge in [-0.2, -0.15) is 0 Å². The van der Waals surface area contributed by atoms with Crippen molar-refractivity contribution in [3.8, 4) is 0 Å². The Kier molecular flexibility index (Phi) is 14.3. The van der Waals surface area contributed by atoms with Crippen molar-refractivity contribution in [1.29, 1.82) is 0 Å². The van der Waals surface area contributed by atoms with Crippen molar-refractivity contribution in [2.24, 2.45) is 11.8 Å². The zero-order valence-electron chi connectivity index (χ0n) is 15.1. The molecule has 4 rings (SSSR count). The standard InChI is InChI=1S/2C11H15.2ClH.Zr/c2*1-2-4-7-11-9-5-8-10(11)6-3-1;;;/h2*1,3,6,8,11H,2,4-5,7,9H2;2*1H;/q2*-1;;;+4/p-2. The average Bonchev–Trinajstić information content (AvgIpc) is 3.08. The van der Waals surface area contributed by atoms with Crippen LogP contribution in [0.1, 0.15) is 64.2 Å². The van der Waals surface area contributed by atoms with E-state index in [1.165, 1.54) is 64.2 Å². The van der Waals surface area contributed by atoms with E-state index in [1.807, 2.05) is 0 Å². The van der Waals surface area contributed by atoms with Crippen LogP contribution in [0.4, 0.5) is 0 Å². The Morgan fingerprint density at radius 3 is 1.56 bits per heavy atom. The predicted molar refractivity (Wildman–Crippen MR) is 96.2 cm³/mol. The fourth-order valence-electron chi connectivity index (χ4n) is 4.11. The molecule has 4 aliphatic carbocycles. The molecule has 0 spiro atoms. The summed E-state index contributed by atoms with van der Waals surface area (Å²) in [5, 5.41) is 0. The van der Waals surface area contributed by atoms with E-state index in [0.29, 0.717) is 0 Å². The molecule has 0 aromatic rings. The van der Waals surface area contributed by atoms with Crippen LogP contribution in [-0.2, 0) is 26.2 Å². The van der Waals surface area contributed by atoms with E-state index in [0.717, 1.165) is 11.8 Å². The van der Waals surface area contributed by atoms with Crippen LogP contribution in [0.5, 0.6) is 0 Å². The van der Waals surface area contributed by atoms with Gasteiger partial charge in [0.2, 0.25) is 0 Å². The van der Waals surface area contributed by atoms with Crippen LogP contribution in [0.3, 0.4) is 0 Å². The third kappa shape index (κ3) is 8.15. The Bertz CT molecular complexity index is 432. The summed E-state index contributed by atoms with van der Waals surface area (Å²) in [4.78, 5) is 0. The molecule has 2 fully saturated rings. The van der Waals surface area contributed by atoms with Crippen LogP contribution < -0.4 is 24.8 Å². The van der Waals surface area contributed by atoms with E-state index in [9.17, 15) is 0 Å². The minimum atomic E-state index is 0. The molecule has 0 N–H and O–H groups in total. The predicted octanol–water partition coefficient (Wildman–Crippen LogP) is 0.540. The summed E-state index contributed by atoms with van der Waals surface area (Å²) in [6.45, 7) is 0. The van der Waals surface area contributed by atoms with Gasteiger partial charge >= 0.3 is 26.2 Å². The molecule has 0 radical (unpaired) electrons. The number of hydrogen-bond donors (Lipinski definition) is 0. The molecule has 0 aliphatic heterocycles. The molecule has 0 amide bonds. The maximum Gasteiger partial charge on any atom is 4.00 e. The molecule has 2 atom stereocenters. The first-order valence-electron chi connectivity index (χ1n) is 9.33. The van der Waals surface area contributed by atoms with E-state index in [4.69, 9.17) is 0 Å². The van der Waals surface area contributed by atoms with Crippen molar-refractivity contribution in [2.75, 3.05) is 0 Å². The van der Waals surface area contributed by atoms with Gasteiger partial charge in [0.15, 0.2) is 0 Å². The van der Waals surface area contributed by atoms with Gasteiger partial charge in [-0.25, -0.2) is 36.1 Å². The largest absolute Gasteiger partial charge is 4.00 e. The monoisotopic (exact) mass is 454 g/mol. The Morgan fingerprint density at radius 1 is 0.680 bits per heavy atom. The zero-order chi connectivity index (χ0) is 15.0. The first-order valence-corrected chi connectivity index (χ1v) is 9.33. The smallest absolute Gasteiger partial charge is 1.00 e. The van der Waals surface area contributed by atoms with Gasteiger partial charge in [0.05, 0.1) is 0 Å². The van der Waals surface area contributed by atoms with Crippen LogP contribution >= 0.6 is 0 Å². The van der Waals surface area contributed by atoms with Crippen molar-refractivity contribution in [3.05, 3.63) is 60.4 Å². The summed E-state index contributed by atoms with van der Waals surface area (Å²) in [5.41, 5.74) is 3.20. The van der Waals surface area contributed by atoms with Gasteiger partial charge in [-0.3, -0.25) is 0 Å². The Hall–Kier alpha value is 0.163. The Balaban J connectivity index is 0.000000411. The molecule has 0 bridgehead atoms. The molecule has 0 heterocycles. The summed E-state index contributed by atoms with van der Waals surface area (Å²) in [5.74, 6) is 1.81. The fraction of sp³-hybridized carbons (Fsp3) is 0.545. The molecular formula is C22H30Cl2Zr. The van der Waals surface area contributed by atoms with Crippen LogP contribution in [0.15, 0.2) is 47.6 Å². The van der Waals surface area contributed by atoms with Crippen molar-refractivity contribution in [1.82, 2.24) is 0 Å². The molecule has 0 aromatic carbocycles. The molecule has 3 heteroatoms. The van der Waals surface area contributed by atoms with Gasteiger partial charge in [0.1, 0.15) is 0 Å². The van der Waals surface area contributed by atoms with Gasteiger partial charge in [-0.15, -0.1) is 37.1 Å². The topological polar surface area (TPSA) is 0 Å². The maximum atomic E-state index is 2.40. The zero-order valence-corrected chi connectivity index (χ0v) is 19.1. The number of allylic oxidation sites excluding steroid dienone is 8. The van der Waals surface area contributed by atoms with E-state index in [-0.39, 0.29) is 51.0 Å². The first kappa shape index (κ1) is 25.2. The Labute approximate surface area is 186 Å². The summed E-state index contributed by atoms with van der Waals surface area (Å²) in [6.07, 6.45) is 32.0. The first-order chi connectivity index (χ1) is 10.9. The molecule has 2 unspecified atom stereocenters. The molecule has 4 aliphatic rings. The Morgan fingerprint density at radius 2 is 1.12 bits per heavy atom. The van der Waals surface area contributed by atoms with E-state index in [2.05, 4.69) is 49.3 Å². The number of fused-ring (bicyclic) bond motifs is 2. The number of hydrogen-bond acceptors (Lipinski definition) is 0. The van der Waals surface area contributed by atoms with Gasteiger partial charge in [-0.1, -0.05) is 24.7 Å². The molecule has 0 nitrogen and oxygen atoms in total. The SMILES string of the molecule is C1=CCCCC2CC[CH-]C2=C1.C1=CCCCC2CC[CH-]C2=C1.[Cl-].[Cl-].[Zr+4]. The summed E-state index contributed by atoms with van der Waals surface area (Å²) >= 11 is 0. The van der Waals surface area contributed by atoms with Gasteiger partial charge in [0, 0.05) is 0 Å². The van der Waals surface area contributed by atoms with E-state index >= 15 is 0 Å². The second-order valence-electron chi connectivity index (χ2n) is 7.01. The van der Waals surface area contributed by atoms with Crippen molar-refractivity contribution >= 4 is 0 Å². The summed E-state index contributed by atoms with van der Waals surface area (Å²) < 4.78 is 0. The van der Waals surface area contributed by atoms with E-state index < -0.39 is 0 Å². The third-order valence-corrected chi connectivity index (χ3v) is 5.43. The van der Waals surface area contributed by atoms with Crippen LogP contribution in [-0.4, -0.2) is 0 Å².